The minimum atomic E-state index is -0.678. The quantitative estimate of drug-likeness (QED) is 0.312. The van der Waals surface area contributed by atoms with Crippen LogP contribution in [0.3, 0.4) is 0 Å². The zero-order chi connectivity index (χ0) is 26.6. The molecule has 8 nitrogen and oxygen atoms in total. The Bertz CT molecular complexity index is 1290. The van der Waals surface area contributed by atoms with Crippen molar-refractivity contribution >= 4 is 45.8 Å². The molecule has 2 aromatic heterocycles. The summed E-state index contributed by atoms with van der Waals surface area (Å²) in [5.74, 6) is -0.502. The van der Waals surface area contributed by atoms with Crippen molar-refractivity contribution < 1.29 is 33.0 Å². The summed E-state index contributed by atoms with van der Waals surface area (Å²) in [6, 6.07) is 6.92. The van der Waals surface area contributed by atoms with E-state index in [0.717, 1.165) is 22.5 Å². The number of hydrogen-bond donors (Lipinski definition) is 1. The molecule has 0 saturated heterocycles. The molecule has 0 aliphatic heterocycles. The second-order valence-electron chi connectivity index (χ2n) is 8.28. The fourth-order valence-electron chi connectivity index (χ4n) is 3.48. The standard InChI is InChI=1S/C26H28ClNO7S/c1-7-33-26(31)22-15(5)21(25(30)32-6)24(36-22)28-23(29)19-9-8-16(35-19)12-34-20-10-14(4)18(27)11-17(20)13(2)3/h8-11,13H,7,12H2,1-6H3,(H,28,29). The second kappa shape index (κ2) is 11.6. The number of thiophene rings is 1. The highest BCUT2D eigenvalue weighted by molar-refractivity contribution is 7.18. The van der Waals surface area contributed by atoms with Crippen LogP contribution >= 0.6 is 22.9 Å². The third kappa shape index (κ3) is 5.91. The molecule has 0 unspecified atom stereocenters. The predicted molar refractivity (Wildman–Crippen MR) is 138 cm³/mol. The van der Waals surface area contributed by atoms with E-state index in [0.29, 0.717) is 22.1 Å². The van der Waals surface area contributed by atoms with E-state index in [9.17, 15) is 14.4 Å². The van der Waals surface area contributed by atoms with Crippen molar-refractivity contribution in [1.82, 2.24) is 0 Å². The molecule has 0 radical (unpaired) electrons. The molecule has 1 amide bonds. The zero-order valence-electron chi connectivity index (χ0n) is 20.9. The summed E-state index contributed by atoms with van der Waals surface area (Å²) in [6.07, 6.45) is 0. The first kappa shape index (κ1) is 27.3. The zero-order valence-corrected chi connectivity index (χ0v) is 22.5. The molecule has 1 N–H and O–H groups in total. The average Bonchev–Trinajstić information content (AvgIpc) is 3.43. The molecule has 0 spiro atoms. The lowest BCUT2D eigenvalue weighted by atomic mass is 10.0. The topological polar surface area (TPSA) is 104 Å². The number of esters is 2. The second-order valence-corrected chi connectivity index (χ2v) is 9.70. The van der Waals surface area contributed by atoms with E-state index in [-0.39, 0.29) is 40.3 Å². The lowest BCUT2D eigenvalue weighted by Gasteiger charge is -2.15. The van der Waals surface area contributed by atoms with E-state index in [1.54, 1.807) is 19.9 Å². The highest BCUT2D eigenvalue weighted by atomic mass is 35.5. The van der Waals surface area contributed by atoms with Crippen molar-refractivity contribution in [1.29, 1.82) is 0 Å². The highest BCUT2D eigenvalue weighted by Gasteiger charge is 2.27. The van der Waals surface area contributed by atoms with E-state index in [1.165, 1.54) is 13.2 Å². The number of halogens is 1. The first-order valence-corrected chi connectivity index (χ1v) is 12.5. The third-order valence-corrected chi connectivity index (χ3v) is 6.99. The van der Waals surface area contributed by atoms with Crippen molar-refractivity contribution in [3.8, 4) is 5.75 Å². The number of rotatable bonds is 9. The number of carbonyl (C=O) groups is 3. The van der Waals surface area contributed by atoms with Gasteiger partial charge >= 0.3 is 11.9 Å². The molecule has 0 atom stereocenters. The molecular weight excluding hydrogens is 506 g/mol. The summed E-state index contributed by atoms with van der Waals surface area (Å²) in [4.78, 5) is 37.7. The maximum absolute atomic E-state index is 12.9. The minimum absolute atomic E-state index is 0.0181. The summed E-state index contributed by atoms with van der Waals surface area (Å²) in [5.41, 5.74) is 2.32. The van der Waals surface area contributed by atoms with E-state index >= 15 is 0 Å². The van der Waals surface area contributed by atoms with E-state index in [4.69, 9.17) is 30.2 Å². The van der Waals surface area contributed by atoms with Gasteiger partial charge in [-0.3, -0.25) is 4.79 Å². The third-order valence-electron chi connectivity index (χ3n) is 5.39. The van der Waals surface area contributed by atoms with Crippen LogP contribution in [0.25, 0.3) is 0 Å². The van der Waals surface area contributed by atoms with Gasteiger partial charge in [0.05, 0.1) is 19.3 Å². The fraction of sp³-hybridized carbons (Fsp3) is 0.346. The Hall–Kier alpha value is -3.30. The van der Waals surface area contributed by atoms with Crippen LogP contribution in [0.2, 0.25) is 5.02 Å². The number of hydrogen-bond acceptors (Lipinski definition) is 8. The molecule has 0 saturated carbocycles. The normalized spacial score (nSPS) is 10.9. The van der Waals surface area contributed by atoms with Crippen LogP contribution in [-0.2, 0) is 16.1 Å². The number of anilines is 1. The van der Waals surface area contributed by atoms with Gasteiger partial charge in [0, 0.05) is 5.02 Å². The Morgan fingerprint density at radius 1 is 1.14 bits per heavy atom. The van der Waals surface area contributed by atoms with E-state index in [2.05, 4.69) is 5.32 Å². The monoisotopic (exact) mass is 533 g/mol. The molecule has 0 fully saturated rings. The van der Waals surface area contributed by atoms with Gasteiger partial charge in [-0.1, -0.05) is 25.4 Å². The molecule has 192 valence electrons. The highest BCUT2D eigenvalue weighted by Crippen LogP contribution is 2.35. The van der Waals surface area contributed by atoms with E-state index < -0.39 is 17.8 Å². The van der Waals surface area contributed by atoms with Gasteiger partial charge < -0.3 is 23.9 Å². The SMILES string of the molecule is CCOC(=O)c1sc(NC(=O)c2ccc(COc3cc(C)c(Cl)cc3C(C)C)o2)c(C(=O)OC)c1C. The van der Waals surface area contributed by atoms with Crippen LogP contribution in [0.5, 0.6) is 5.75 Å². The van der Waals surface area contributed by atoms with Gasteiger partial charge in [-0.15, -0.1) is 11.3 Å². The van der Waals surface area contributed by atoms with Crippen LogP contribution in [0, 0.1) is 13.8 Å². The van der Waals surface area contributed by atoms with Gasteiger partial charge in [0.2, 0.25) is 0 Å². The van der Waals surface area contributed by atoms with Crippen LogP contribution < -0.4 is 10.1 Å². The molecule has 1 aromatic carbocycles. The largest absolute Gasteiger partial charge is 0.485 e. The Kier molecular flexibility index (Phi) is 8.81. The Labute approximate surface area is 218 Å². The molecule has 3 rings (SSSR count). The van der Waals surface area contributed by atoms with Crippen LogP contribution in [0.1, 0.15) is 79.7 Å². The number of aryl methyl sites for hydroxylation is 1. The number of benzene rings is 1. The van der Waals surface area contributed by atoms with Gasteiger partial charge in [0.25, 0.3) is 5.91 Å². The summed E-state index contributed by atoms with van der Waals surface area (Å²) in [6.45, 7) is 9.55. The van der Waals surface area contributed by atoms with Gasteiger partial charge in [-0.25, -0.2) is 9.59 Å². The van der Waals surface area contributed by atoms with Crippen molar-refractivity contribution in [2.24, 2.45) is 0 Å². The molecular formula is C26H28ClNO7S. The number of ether oxygens (including phenoxy) is 3. The Morgan fingerprint density at radius 2 is 1.86 bits per heavy atom. The molecule has 2 heterocycles. The summed E-state index contributed by atoms with van der Waals surface area (Å²) in [5, 5.41) is 3.48. The maximum Gasteiger partial charge on any atom is 0.348 e. The maximum atomic E-state index is 12.9. The Balaban J connectivity index is 1.78. The molecule has 10 heteroatoms. The molecule has 3 aromatic rings. The number of carbonyl (C=O) groups excluding carboxylic acids is 3. The molecule has 0 aliphatic carbocycles. The van der Waals surface area contributed by atoms with Crippen molar-refractivity contribution in [3.63, 3.8) is 0 Å². The van der Waals surface area contributed by atoms with Crippen molar-refractivity contribution in [3.05, 3.63) is 67.9 Å². The van der Waals surface area contributed by atoms with E-state index in [1.807, 2.05) is 32.9 Å². The molecule has 0 bridgehead atoms. The summed E-state index contributed by atoms with van der Waals surface area (Å²) >= 11 is 7.20. The predicted octanol–water partition coefficient (Wildman–Crippen LogP) is 6.53. The van der Waals surface area contributed by atoms with Crippen LogP contribution in [0.4, 0.5) is 5.00 Å². The minimum Gasteiger partial charge on any atom is -0.485 e. The number of methoxy groups -OCH3 is 1. The first-order chi connectivity index (χ1) is 17.1. The molecule has 36 heavy (non-hydrogen) atoms. The van der Waals surface area contributed by atoms with Gasteiger partial charge in [0.15, 0.2) is 5.76 Å². The number of amides is 1. The number of furan rings is 1. The Morgan fingerprint density at radius 3 is 2.50 bits per heavy atom. The van der Waals surface area contributed by atoms with Crippen LogP contribution in [-0.4, -0.2) is 31.6 Å². The average molecular weight is 534 g/mol. The number of nitrogens with one attached hydrogen (secondary N) is 1. The summed E-state index contributed by atoms with van der Waals surface area (Å²) in [7, 11) is 1.22. The van der Waals surface area contributed by atoms with Gasteiger partial charge in [-0.2, -0.15) is 0 Å². The van der Waals surface area contributed by atoms with Crippen molar-refractivity contribution in [2.45, 2.75) is 47.1 Å². The van der Waals surface area contributed by atoms with Crippen molar-refractivity contribution in [2.75, 3.05) is 19.0 Å². The lowest BCUT2D eigenvalue weighted by Crippen LogP contribution is -2.13. The lowest BCUT2D eigenvalue weighted by molar-refractivity contribution is 0.0531. The smallest absolute Gasteiger partial charge is 0.348 e. The summed E-state index contributed by atoms with van der Waals surface area (Å²) < 4.78 is 21.5. The van der Waals surface area contributed by atoms with Gasteiger partial charge in [0.1, 0.15) is 28.0 Å². The first-order valence-electron chi connectivity index (χ1n) is 11.3. The molecule has 0 aliphatic rings. The van der Waals surface area contributed by atoms with Crippen LogP contribution in [0.15, 0.2) is 28.7 Å². The fourth-order valence-corrected chi connectivity index (χ4v) is 4.73. The van der Waals surface area contributed by atoms with Gasteiger partial charge in [-0.05, 0) is 67.6 Å².